The fraction of sp³-hybridized carbons (Fsp3) is 0.400. The van der Waals surface area contributed by atoms with Gasteiger partial charge in [-0.3, -0.25) is 4.79 Å². The number of halogens is 1. The second-order valence-corrected chi connectivity index (χ2v) is 5.92. The monoisotopic (exact) mass is 339 g/mol. The highest BCUT2D eigenvalue weighted by molar-refractivity contribution is 7.99. The molecule has 0 spiro atoms. The molecule has 22 heavy (non-hydrogen) atoms. The summed E-state index contributed by atoms with van der Waals surface area (Å²) in [6.45, 7) is 4.97. The second kappa shape index (κ2) is 8.19. The van der Waals surface area contributed by atoms with E-state index in [0.717, 1.165) is 23.1 Å². The van der Waals surface area contributed by atoms with E-state index >= 15 is 0 Å². The van der Waals surface area contributed by atoms with Crippen LogP contribution in [-0.4, -0.2) is 33.1 Å². The van der Waals surface area contributed by atoms with Crippen molar-refractivity contribution in [3.8, 4) is 0 Å². The Bertz CT molecular complexity index is 628. The minimum Gasteiger partial charge on any atom is -0.465 e. The first-order valence-corrected chi connectivity index (χ1v) is 8.45. The fourth-order valence-electron chi connectivity index (χ4n) is 1.99. The van der Waals surface area contributed by atoms with E-state index in [0.29, 0.717) is 18.1 Å². The lowest BCUT2D eigenvalue weighted by Gasteiger charge is -2.07. The number of esters is 1. The van der Waals surface area contributed by atoms with Crippen LogP contribution in [0.4, 0.5) is 0 Å². The normalized spacial score (nSPS) is 10.7. The number of thioether (sulfide) groups is 1. The molecule has 0 amide bonds. The summed E-state index contributed by atoms with van der Waals surface area (Å²) in [6, 6.07) is 7.67. The highest BCUT2D eigenvalue weighted by atomic mass is 35.5. The van der Waals surface area contributed by atoms with E-state index in [2.05, 4.69) is 10.2 Å². The van der Waals surface area contributed by atoms with Crippen LogP contribution >= 0.6 is 23.4 Å². The standard InChI is InChI=1S/C15H18ClN3O2S/c1-3-19-13(9-11-5-7-12(16)8-6-11)17-18-15(19)22-10-14(20)21-4-2/h5-8H,3-4,9-10H2,1-2H3. The summed E-state index contributed by atoms with van der Waals surface area (Å²) >= 11 is 7.24. The molecule has 5 nitrogen and oxygen atoms in total. The molecule has 118 valence electrons. The molecular formula is C15H18ClN3O2S. The quantitative estimate of drug-likeness (QED) is 0.572. The molecule has 7 heteroatoms. The minimum atomic E-state index is -0.239. The zero-order valence-corrected chi connectivity index (χ0v) is 14.2. The predicted molar refractivity (Wildman–Crippen MR) is 87.3 cm³/mol. The molecule has 1 heterocycles. The Morgan fingerprint density at radius 2 is 2.00 bits per heavy atom. The Hall–Kier alpha value is -1.53. The van der Waals surface area contributed by atoms with Crippen LogP contribution in [0.3, 0.4) is 0 Å². The van der Waals surface area contributed by atoms with Crippen LogP contribution in [0.1, 0.15) is 25.2 Å². The largest absolute Gasteiger partial charge is 0.465 e. The van der Waals surface area contributed by atoms with Gasteiger partial charge in [0.1, 0.15) is 5.82 Å². The van der Waals surface area contributed by atoms with Crippen molar-refractivity contribution in [2.75, 3.05) is 12.4 Å². The summed E-state index contributed by atoms with van der Waals surface area (Å²) < 4.78 is 6.93. The molecule has 1 aromatic heterocycles. The van der Waals surface area contributed by atoms with Crippen molar-refractivity contribution in [1.82, 2.24) is 14.8 Å². The van der Waals surface area contributed by atoms with Crippen LogP contribution < -0.4 is 0 Å². The molecule has 0 saturated heterocycles. The van der Waals surface area contributed by atoms with Crippen molar-refractivity contribution in [3.05, 3.63) is 40.7 Å². The predicted octanol–water partition coefficient (Wildman–Crippen LogP) is 3.20. The molecule has 1 aromatic carbocycles. The average Bonchev–Trinajstić information content (AvgIpc) is 2.89. The fourth-order valence-corrected chi connectivity index (χ4v) is 2.93. The molecule has 0 aliphatic heterocycles. The van der Waals surface area contributed by atoms with Gasteiger partial charge in [-0.15, -0.1) is 10.2 Å². The highest BCUT2D eigenvalue weighted by Gasteiger charge is 2.13. The van der Waals surface area contributed by atoms with Crippen LogP contribution in [0.2, 0.25) is 5.02 Å². The van der Waals surface area contributed by atoms with Crippen molar-refractivity contribution >= 4 is 29.3 Å². The Balaban J connectivity index is 2.06. The van der Waals surface area contributed by atoms with Crippen molar-refractivity contribution in [3.63, 3.8) is 0 Å². The lowest BCUT2D eigenvalue weighted by Crippen LogP contribution is -2.09. The van der Waals surface area contributed by atoms with Gasteiger partial charge in [0.15, 0.2) is 5.16 Å². The molecule has 0 fully saturated rings. The maximum Gasteiger partial charge on any atom is 0.316 e. The van der Waals surface area contributed by atoms with Gasteiger partial charge < -0.3 is 9.30 Å². The summed E-state index contributed by atoms with van der Waals surface area (Å²) in [5, 5.41) is 9.86. The van der Waals surface area contributed by atoms with E-state index < -0.39 is 0 Å². The maximum atomic E-state index is 11.4. The van der Waals surface area contributed by atoms with Crippen LogP contribution in [0.5, 0.6) is 0 Å². The zero-order chi connectivity index (χ0) is 15.9. The summed E-state index contributed by atoms with van der Waals surface area (Å²) in [7, 11) is 0. The third kappa shape index (κ3) is 4.48. The third-order valence-corrected chi connectivity index (χ3v) is 4.20. The number of hydrogen-bond donors (Lipinski definition) is 0. The molecule has 0 saturated carbocycles. The Morgan fingerprint density at radius 3 is 2.64 bits per heavy atom. The molecule has 0 radical (unpaired) electrons. The van der Waals surface area contributed by atoms with Crippen LogP contribution in [0.25, 0.3) is 0 Å². The molecule has 2 rings (SSSR count). The first-order valence-electron chi connectivity index (χ1n) is 7.09. The minimum absolute atomic E-state index is 0.239. The van der Waals surface area contributed by atoms with Gasteiger partial charge in [-0.1, -0.05) is 35.5 Å². The molecule has 0 bridgehead atoms. The number of nitrogens with zero attached hydrogens (tertiary/aromatic N) is 3. The molecule has 0 aliphatic carbocycles. The first kappa shape index (κ1) is 16.8. The van der Waals surface area contributed by atoms with E-state index in [4.69, 9.17) is 16.3 Å². The van der Waals surface area contributed by atoms with Crippen molar-refractivity contribution in [1.29, 1.82) is 0 Å². The number of hydrogen-bond acceptors (Lipinski definition) is 5. The van der Waals surface area contributed by atoms with E-state index in [1.165, 1.54) is 11.8 Å². The van der Waals surface area contributed by atoms with Crippen molar-refractivity contribution in [2.24, 2.45) is 0 Å². The SMILES string of the molecule is CCOC(=O)CSc1nnc(Cc2ccc(Cl)cc2)n1CC. The van der Waals surface area contributed by atoms with Crippen molar-refractivity contribution in [2.45, 2.75) is 32.0 Å². The van der Waals surface area contributed by atoms with E-state index in [1.54, 1.807) is 6.92 Å². The van der Waals surface area contributed by atoms with Crippen molar-refractivity contribution < 1.29 is 9.53 Å². The summed E-state index contributed by atoms with van der Waals surface area (Å²) in [6.07, 6.45) is 0.679. The smallest absolute Gasteiger partial charge is 0.316 e. The highest BCUT2D eigenvalue weighted by Crippen LogP contribution is 2.19. The van der Waals surface area contributed by atoms with E-state index in [1.807, 2.05) is 35.8 Å². The maximum absolute atomic E-state index is 11.4. The van der Waals surface area contributed by atoms with Gasteiger partial charge in [0.25, 0.3) is 0 Å². The number of aromatic nitrogens is 3. The number of carbonyl (C=O) groups is 1. The molecule has 0 unspecified atom stereocenters. The molecule has 0 N–H and O–H groups in total. The zero-order valence-electron chi connectivity index (χ0n) is 12.6. The Morgan fingerprint density at radius 1 is 1.27 bits per heavy atom. The number of rotatable bonds is 7. The number of ether oxygens (including phenoxy) is 1. The van der Waals surface area contributed by atoms with Gasteiger partial charge in [-0.05, 0) is 31.5 Å². The van der Waals surface area contributed by atoms with Gasteiger partial charge in [0, 0.05) is 18.0 Å². The molecule has 2 aromatic rings. The van der Waals surface area contributed by atoms with E-state index in [-0.39, 0.29) is 11.7 Å². The Labute approximate surface area is 139 Å². The average molecular weight is 340 g/mol. The van der Waals surface area contributed by atoms with Gasteiger partial charge in [0.05, 0.1) is 12.4 Å². The number of carbonyl (C=O) groups excluding carboxylic acids is 1. The number of benzene rings is 1. The molecule has 0 aliphatic rings. The summed E-state index contributed by atoms with van der Waals surface area (Å²) in [5.41, 5.74) is 1.12. The summed E-state index contributed by atoms with van der Waals surface area (Å²) in [5.74, 6) is 0.876. The molecular weight excluding hydrogens is 322 g/mol. The van der Waals surface area contributed by atoms with Gasteiger partial charge in [0.2, 0.25) is 0 Å². The first-order chi connectivity index (χ1) is 10.6. The summed E-state index contributed by atoms with van der Waals surface area (Å²) in [4.78, 5) is 11.4. The van der Waals surface area contributed by atoms with Crippen LogP contribution in [0.15, 0.2) is 29.4 Å². The Kier molecular flexibility index (Phi) is 6.27. The van der Waals surface area contributed by atoms with Crippen LogP contribution in [0, 0.1) is 0 Å². The lowest BCUT2D eigenvalue weighted by atomic mass is 10.1. The van der Waals surface area contributed by atoms with E-state index in [9.17, 15) is 4.79 Å². The topological polar surface area (TPSA) is 57.0 Å². The second-order valence-electron chi connectivity index (χ2n) is 4.54. The van der Waals surface area contributed by atoms with Gasteiger partial charge in [-0.2, -0.15) is 0 Å². The van der Waals surface area contributed by atoms with Gasteiger partial charge in [-0.25, -0.2) is 0 Å². The third-order valence-electron chi connectivity index (χ3n) is 3.01. The molecule has 0 atom stereocenters. The van der Waals surface area contributed by atoms with Crippen LogP contribution in [-0.2, 0) is 22.5 Å². The van der Waals surface area contributed by atoms with Gasteiger partial charge >= 0.3 is 5.97 Å². The lowest BCUT2D eigenvalue weighted by molar-refractivity contribution is -0.139.